The number of aryl methyl sites for hydroxylation is 5. The molecule has 136 heavy (non-hydrogen) atoms. The van der Waals surface area contributed by atoms with Gasteiger partial charge in [0.05, 0.1) is 99.7 Å². The standard InChI is InChI=1S/C24H21FN4O.C24H22N4O.C23H16N4O.C20H15FN4.C20H16N4/c1-16-13-18(4-6-21(16)25)23-19(3-2-8-26-23)17-5-7-22-20(14-17)24(28-15-27-22)29-9-11-30-12-10-29;1-17-4-2-5-19(14-17)23-20(6-3-9-25-23)18-7-8-22-21(15-18)24(27-16-26-22)28-10-12-29-13-11-28;1-27-14-26-20-10-9-16(13-19(20)23(27)28)17-8-4-12-25-22(17)18-7-2-5-15-6-3-11-24-21(15)18;1-12-9-14(4-6-17(12)21)19-16(3-2-8-23-19)13-5-7-18-15(10-13)11-24-20(22)25-18;1-13-4-2-5-15(10-13)19-17(6-3-9-22-19)14-7-8-18-16(11-14)12-23-20(21)24-18/h2-8,13-15H,9-12H2,1H3;2-9,14-16H,10-13H2,1H3;2-14H,1H3;2-11H,1H3,(H2,22,24,25);2-12H,1H3,(H2,21,23,24). The summed E-state index contributed by atoms with van der Waals surface area (Å²) in [4.78, 5) is 83.8. The molecule has 0 radical (unpaired) electrons. The third-order valence-electron chi connectivity index (χ3n) is 23.9. The molecule has 666 valence electrons. The van der Waals surface area contributed by atoms with Crippen molar-refractivity contribution in [3.8, 4) is 112 Å². The van der Waals surface area contributed by atoms with Gasteiger partial charge < -0.3 is 35.3 Å². The number of rotatable bonds is 12. The number of nitrogens with zero attached hydrogens (tertiary/aromatic N) is 18. The summed E-state index contributed by atoms with van der Waals surface area (Å²) in [6.45, 7) is 13.9. The number of fused-ring (bicyclic) bond motifs is 6. The van der Waals surface area contributed by atoms with Crippen LogP contribution >= 0.6 is 0 Å². The van der Waals surface area contributed by atoms with E-state index in [1.54, 1.807) is 89.2 Å². The maximum Gasteiger partial charge on any atom is 0.260 e. The minimum Gasteiger partial charge on any atom is -0.378 e. The molecule has 0 spiro atoms. The zero-order valence-corrected chi connectivity index (χ0v) is 75.1. The van der Waals surface area contributed by atoms with E-state index in [0.29, 0.717) is 35.2 Å². The van der Waals surface area contributed by atoms with Gasteiger partial charge in [0, 0.05) is 165 Å². The number of para-hydroxylation sites is 1. The van der Waals surface area contributed by atoms with Crippen molar-refractivity contribution >= 4 is 88.9 Å². The minimum absolute atomic E-state index is 0.0656. The van der Waals surface area contributed by atoms with Crippen molar-refractivity contribution in [3.05, 3.63) is 380 Å². The smallest absolute Gasteiger partial charge is 0.260 e. The van der Waals surface area contributed by atoms with Crippen LogP contribution in [-0.4, -0.2) is 132 Å². The third-order valence-corrected chi connectivity index (χ3v) is 23.9. The molecule has 21 aromatic rings. The predicted molar refractivity (Wildman–Crippen MR) is 538 cm³/mol. The summed E-state index contributed by atoms with van der Waals surface area (Å²) in [5.41, 5.74) is 39.6. The van der Waals surface area contributed by atoms with Gasteiger partial charge in [-0.2, -0.15) is 0 Å². The molecule has 0 aliphatic carbocycles. The first-order valence-corrected chi connectivity index (χ1v) is 44.5. The Morgan fingerprint density at radius 3 is 1.10 bits per heavy atom. The predicted octanol–water partition coefficient (Wildman–Crippen LogP) is 22.0. The van der Waals surface area contributed by atoms with Gasteiger partial charge in [0.15, 0.2) is 0 Å². The van der Waals surface area contributed by atoms with Gasteiger partial charge >= 0.3 is 0 Å². The van der Waals surface area contributed by atoms with E-state index in [4.69, 9.17) is 25.9 Å². The molecule has 0 bridgehead atoms. The zero-order chi connectivity index (χ0) is 93.1. The number of halogens is 2. The molecular weight excluding hydrogens is 1700 g/mol. The first-order chi connectivity index (χ1) is 66.5. The Hall–Kier alpha value is -17.2. The van der Waals surface area contributed by atoms with E-state index in [1.165, 1.54) is 27.8 Å². The molecular formula is C111H90F2N20O3. The number of hydrogen-bond acceptors (Lipinski definition) is 22. The van der Waals surface area contributed by atoms with E-state index < -0.39 is 0 Å². The van der Waals surface area contributed by atoms with E-state index in [9.17, 15) is 13.6 Å². The molecule has 2 aliphatic rings. The highest BCUT2D eigenvalue weighted by Crippen LogP contribution is 2.41. The maximum absolute atomic E-state index is 13.8. The number of morpholine rings is 2. The van der Waals surface area contributed by atoms with E-state index in [2.05, 4.69) is 190 Å². The van der Waals surface area contributed by atoms with E-state index in [1.807, 2.05) is 158 Å². The quantitative estimate of drug-likeness (QED) is 0.115. The summed E-state index contributed by atoms with van der Waals surface area (Å²) < 4.78 is 39.9. The van der Waals surface area contributed by atoms with Crippen LogP contribution < -0.4 is 26.8 Å². The lowest BCUT2D eigenvalue weighted by molar-refractivity contribution is 0.122. The molecule has 11 aromatic heterocycles. The summed E-state index contributed by atoms with van der Waals surface area (Å²) in [5, 5.41) is 5.58. The summed E-state index contributed by atoms with van der Waals surface area (Å²) in [5.74, 6) is 2.01. The van der Waals surface area contributed by atoms with Crippen LogP contribution in [0, 0.1) is 39.3 Å². The van der Waals surface area contributed by atoms with Crippen molar-refractivity contribution in [2.75, 3.05) is 73.9 Å². The fourth-order valence-electron chi connectivity index (χ4n) is 17.1. The second kappa shape index (κ2) is 39.9. The molecule has 0 atom stereocenters. The topological polar surface area (TPSA) is 292 Å². The summed E-state index contributed by atoms with van der Waals surface area (Å²) in [6, 6.07) is 87.3. The van der Waals surface area contributed by atoms with Crippen molar-refractivity contribution in [1.29, 1.82) is 0 Å². The number of nitrogens with two attached hydrogens (primary N) is 2. The Bertz CT molecular complexity index is 8110. The molecule has 2 aliphatic heterocycles. The molecule has 0 saturated carbocycles. The second-order valence-electron chi connectivity index (χ2n) is 33.0. The minimum atomic E-state index is -0.221. The highest BCUT2D eigenvalue weighted by molar-refractivity contribution is 6.00. The Balaban J connectivity index is 0.000000109. The molecule has 13 heterocycles. The molecule has 2 fully saturated rings. The SMILES string of the molecule is Cc1cc(-c2ncccc2-c2ccc3nc(N)ncc3c2)ccc1F.Cc1cc(-c2ncccc2-c2ccc3ncnc(N4CCOCC4)c3c2)ccc1F.Cc1cccc(-c2ncccc2-c2ccc3nc(N)ncc3c2)c1.Cc1cccc(-c2ncccc2-c2ccc3ncnc(N4CCOCC4)c3c2)c1.Cn1cnc2ccc(-c3cccnc3-c3cccc4cccnc34)cc2c1=O. The van der Waals surface area contributed by atoms with Crippen LogP contribution in [0.1, 0.15) is 22.3 Å². The average molecular weight is 1790 g/mol. The number of pyridine rings is 6. The van der Waals surface area contributed by atoms with E-state index in [0.717, 1.165) is 217 Å². The van der Waals surface area contributed by atoms with Crippen molar-refractivity contribution < 1.29 is 18.3 Å². The average Bonchev–Trinajstić information content (AvgIpc) is 0.768. The molecule has 25 heteroatoms. The van der Waals surface area contributed by atoms with Crippen molar-refractivity contribution in [2.45, 2.75) is 27.7 Å². The van der Waals surface area contributed by atoms with Crippen LogP contribution in [0.15, 0.2) is 340 Å². The van der Waals surface area contributed by atoms with Gasteiger partial charge in [-0.15, -0.1) is 0 Å². The molecule has 23 nitrogen and oxygen atoms in total. The largest absolute Gasteiger partial charge is 0.378 e. The van der Waals surface area contributed by atoms with E-state index >= 15 is 0 Å². The zero-order valence-electron chi connectivity index (χ0n) is 75.1. The van der Waals surface area contributed by atoms with Gasteiger partial charge in [-0.1, -0.05) is 132 Å². The second-order valence-corrected chi connectivity index (χ2v) is 33.0. The fourth-order valence-corrected chi connectivity index (χ4v) is 17.1. The Labute approximate surface area is 782 Å². The molecule has 23 rings (SSSR count). The summed E-state index contributed by atoms with van der Waals surface area (Å²) >= 11 is 0. The number of benzene rings is 10. The Kier molecular flexibility index (Phi) is 25.8. The number of ether oxygens (including phenoxy) is 2. The normalized spacial score (nSPS) is 12.4. The van der Waals surface area contributed by atoms with Crippen LogP contribution in [0.2, 0.25) is 0 Å². The lowest BCUT2D eigenvalue weighted by Crippen LogP contribution is -2.36. The van der Waals surface area contributed by atoms with Gasteiger partial charge in [0.2, 0.25) is 11.9 Å². The van der Waals surface area contributed by atoms with Crippen LogP contribution in [0.5, 0.6) is 0 Å². The van der Waals surface area contributed by atoms with Crippen molar-refractivity contribution in [2.24, 2.45) is 7.05 Å². The third kappa shape index (κ3) is 19.3. The van der Waals surface area contributed by atoms with E-state index in [-0.39, 0.29) is 29.1 Å². The van der Waals surface area contributed by atoms with Crippen LogP contribution in [-0.2, 0) is 16.5 Å². The van der Waals surface area contributed by atoms with Gasteiger partial charge in [-0.3, -0.25) is 34.7 Å². The monoisotopic (exact) mass is 1790 g/mol. The lowest BCUT2D eigenvalue weighted by Gasteiger charge is -2.28. The Morgan fingerprint density at radius 1 is 0.309 bits per heavy atom. The number of aromatic nitrogens is 16. The molecule has 2 saturated heterocycles. The molecule has 0 unspecified atom stereocenters. The highest BCUT2D eigenvalue weighted by Gasteiger charge is 2.23. The Morgan fingerprint density at radius 2 is 0.662 bits per heavy atom. The van der Waals surface area contributed by atoms with Gasteiger partial charge in [-0.05, 0) is 212 Å². The van der Waals surface area contributed by atoms with Gasteiger partial charge in [0.25, 0.3) is 5.56 Å². The first-order valence-electron chi connectivity index (χ1n) is 44.5. The van der Waals surface area contributed by atoms with Crippen molar-refractivity contribution in [3.63, 3.8) is 0 Å². The number of hydrogen-bond donors (Lipinski definition) is 2. The van der Waals surface area contributed by atoms with Crippen LogP contribution in [0.3, 0.4) is 0 Å². The number of nitrogen functional groups attached to an aromatic ring is 2. The molecule has 10 aromatic carbocycles. The molecule has 0 amide bonds. The maximum atomic E-state index is 13.8. The fraction of sp³-hybridized carbons (Fsp3) is 0.117. The van der Waals surface area contributed by atoms with Crippen LogP contribution in [0.25, 0.3) is 177 Å². The summed E-state index contributed by atoms with van der Waals surface area (Å²) in [6.07, 6.45) is 19.0. The first kappa shape index (κ1) is 88.1. The van der Waals surface area contributed by atoms with Gasteiger partial charge in [-0.25, -0.2) is 53.6 Å². The highest BCUT2D eigenvalue weighted by atomic mass is 19.1. The van der Waals surface area contributed by atoms with Crippen LogP contribution in [0.4, 0.5) is 32.3 Å². The van der Waals surface area contributed by atoms with Crippen molar-refractivity contribution in [1.82, 2.24) is 79.3 Å². The number of anilines is 4. The lowest BCUT2D eigenvalue weighted by atomic mass is 9.97. The molecule has 4 N–H and O–H groups in total. The van der Waals surface area contributed by atoms with Gasteiger partial charge in [0.1, 0.15) is 35.9 Å². The summed E-state index contributed by atoms with van der Waals surface area (Å²) in [7, 11) is 1.71.